The number of hydrogen-bond donors (Lipinski definition) is 1. The van der Waals surface area contributed by atoms with Crippen LogP contribution in [0.15, 0.2) is 53.3 Å². The van der Waals surface area contributed by atoms with E-state index in [0.717, 1.165) is 12.1 Å². The molecular weight excluding hydrogens is 238 g/mol. The lowest BCUT2D eigenvalue weighted by Gasteiger charge is -2.37. The second kappa shape index (κ2) is 4.26. The van der Waals surface area contributed by atoms with Gasteiger partial charge in [-0.25, -0.2) is 4.79 Å². The van der Waals surface area contributed by atoms with Crippen molar-refractivity contribution in [1.29, 1.82) is 0 Å². The molecule has 1 aromatic rings. The van der Waals surface area contributed by atoms with E-state index < -0.39 is 0 Å². The van der Waals surface area contributed by atoms with Gasteiger partial charge in [-0.15, -0.1) is 0 Å². The van der Waals surface area contributed by atoms with Crippen molar-refractivity contribution >= 4 is 5.97 Å². The first-order valence-corrected chi connectivity index (χ1v) is 6.60. The Labute approximate surface area is 113 Å². The maximum absolute atomic E-state index is 11.7. The van der Waals surface area contributed by atoms with E-state index in [2.05, 4.69) is 31.3 Å². The fraction of sp³-hybridized carbons (Fsp3) is 0.312. The summed E-state index contributed by atoms with van der Waals surface area (Å²) in [6, 6.07) is 10.3. The molecule has 1 atom stereocenters. The Kier molecular flexibility index (Phi) is 2.70. The summed E-state index contributed by atoms with van der Waals surface area (Å²) < 4.78 is 5.10. The van der Waals surface area contributed by atoms with E-state index in [1.54, 1.807) is 0 Å². The minimum atomic E-state index is -0.261. The van der Waals surface area contributed by atoms with Gasteiger partial charge in [-0.3, -0.25) is 0 Å². The molecule has 1 aromatic carbocycles. The number of esters is 1. The topological polar surface area (TPSA) is 38.3 Å². The average Bonchev–Trinajstić information content (AvgIpc) is 2.79. The Hall–Kier alpha value is -2.03. The van der Waals surface area contributed by atoms with E-state index in [1.165, 1.54) is 11.1 Å². The van der Waals surface area contributed by atoms with Gasteiger partial charge in [0.25, 0.3) is 0 Å². The molecule has 0 saturated heterocycles. The van der Waals surface area contributed by atoms with E-state index in [9.17, 15) is 4.79 Å². The zero-order chi connectivity index (χ0) is 13.5. The molecule has 98 valence electrons. The number of dihydropyridines is 1. The molecule has 0 saturated carbocycles. The van der Waals surface area contributed by atoms with Crippen molar-refractivity contribution in [1.82, 2.24) is 5.32 Å². The van der Waals surface area contributed by atoms with Gasteiger partial charge < -0.3 is 10.1 Å². The summed E-state index contributed by atoms with van der Waals surface area (Å²) in [7, 11) is 0. The molecule has 0 spiro atoms. The first kappa shape index (κ1) is 12.0. The van der Waals surface area contributed by atoms with E-state index in [0.29, 0.717) is 12.2 Å². The molecule has 0 aliphatic carbocycles. The molecule has 0 fully saturated rings. The van der Waals surface area contributed by atoms with Crippen LogP contribution >= 0.6 is 0 Å². The number of rotatable bonds is 2. The summed E-state index contributed by atoms with van der Waals surface area (Å²) in [6.07, 6.45) is 2.89. The summed E-state index contributed by atoms with van der Waals surface area (Å²) in [5.74, 6) is -0.219. The summed E-state index contributed by atoms with van der Waals surface area (Å²) in [4.78, 5) is 11.7. The molecule has 1 N–H and O–H groups in total. The van der Waals surface area contributed by atoms with Crippen molar-refractivity contribution in [2.75, 3.05) is 6.61 Å². The fourth-order valence-corrected chi connectivity index (χ4v) is 2.85. The Bertz CT molecular complexity index is 586. The molecule has 3 heteroatoms. The maximum atomic E-state index is 11.7. The highest BCUT2D eigenvalue weighted by Crippen LogP contribution is 2.38. The first-order chi connectivity index (χ1) is 9.15. The van der Waals surface area contributed by atoms with Crippen LogP contribution in [0.2, 0.25) is 0 Å². The molecule has 0 bridgehead atoms. The van der Waals surface area contributed by atoms with Crippen LogP contribution in [-0.4, -0.2) is 12.6 Å². The van der Waals surface area contributed by atoms with Gasteiger partial charge in [-0.05, 0) is 30.6 Å². The van der Waals surface area contributed by atoms with E-state index >= 15 is 0 Å². The van der Waals surface area contributed by atoms with Crippen molar-refractivity contribution in [3.05, 3.63) is 58.8 Å². The normalized spacial score (nSPS) is 25.6. The predicted octanol–water partition coefficient (Wildman–Crippen LogP) is 2.65. The summed E-state index contributed by atoms with van der Waals surface area (Å²) in [5.41, 5.74) is 3.73. The van der Waals surface area contributed by atoms with Crippen molar-refractivity contribution in [3.63, 3.8) is 0 Å². The lowest BCUT2D eigenvalue weighted by Crippen LogP contribution is -2.43. The Morgan fingerprint density at radius 2 is 2.05 bits per heavy atom. The Balaban J connectivity index is 2.08. The van der Waals surface area contributed by atoms with E-state index in [4.69, 9.17) is 4.74 Å². The van der Waals surface area contributed by atoms with Gasteiger partial charge in [-0.1, -0.05) is 37.3 Å². The summed E-state index contributed by atoms with van der Waals surface area (Å²) >= 11 is 0. The Morgan fingerprint density at radius 1 is 1.32 bits per heavy atom. The second-order valence-corrected chi connectivity index (χ2v) is 5.11. The molecule has 2 aliphatic rings. The number of carbonyl (C=O) groups is 1. The minimum Gasteiger partial charge on any atom is -0.456 e. The summed E-state index contributed by atoms with van der Waals surface area (Å²) in [5, 5.41) is 3.50. The van der Waals surface area contributed by atoms with Crippen LogP contribution in [0.25, 0.3) is 0 Å². The van der Waals surface area contributed by atoms with Gasteiger partial charge in [0, 0.05) is 0 Å². The van der Waals surface area contributed by atoms with Crippen LogP contribution in [0.4, 0.5) is 0 Å². The summed E-state index contributed by atoms with van der Waals surface area (Å²) in [6.45, 7) is 4.62. The van der Waals surface area contributed by atoms with Crippen molar-refractivity contribution in [3.8, 4) is 0 Å². The van der Waals surface area contributed by atoms with E-state index in [1.807, 2.05) is 24.3 Å². The molecule has 0 radical (unpaired) electrons. The largest absolute Gasteiger partial charge is 0.456 e. The number of nitrogens with one attached hydrogen (secondary N) is 1. The van der Waals surface area contributed by atoms with E-state index in [-0.39, 0.29) is 11.5 Å². The van der Waals surface area contributed by atoms with Crippen LogP contribution in [0.1, 0.15) is 25.8 Å². The highest BCUT2D eigenvalue weighted by Gasteiger charge is 2.38. The smallest absolute Gasteiger partial charge is 0.340 e. The molecule has 3 nitrogen and oxygen atoms in total. The van der Waals surface area contributed by atoms with Gasteiger partial charge in [0.1, 0.15) is 6.61 Å². The van der Waals surface area contributed by atoms with Gasteiger partial charge in [0.05, 0.1) is 16.8 Å². The molecule has 1 unspecified atom stereocenters. The molecule has 19 heavy (non-hydrogen) atoms. The minimum absolute atomic E-state index is 0.219. The van der Waals surface area contributed by atoms with Gasteiger partial charge in [0.2, 0.25) is 0 Å². The SMILES string of the molecule is CCC1=CC2=C(COC2=O)NC1(C)c1ccccc1. The van der Waals surface area contributed by atoms with Crippen molar-refractivity contribution in [2.24, 2.45) is 0 Å². The van der Waals surface area contributed by atoms with Crippen LogP contribution in [-0.2, 0) is 15.1 Å². The van der Waals surface area contributed by atoms with Crippen molar-refractivity contribution in [2.45, 2.75) is 25.8 Å². The zero-order valence-corrected chi connectivity index (χ0v) is 11.2. The number of cyclic esters (lactones) is 1. The van der Waals surface area contributed by atoms with Crippen LogP contribution in [0.3, 0.4) is 0 Å². The van der Waals surface area contributed by atoms with Gasteiger partial charge >= 0.3 is 5.97 Å². The monoisotopic (exact) mass is 255 g/mol. The molecule has 0 aromatic heterocycles. The molecular formula is C16H17NO2. The molecule has 3 rings (SSSR count). The molecule has 2 heterocycles. The second-order valence-electron chi connectivity index (χ2n) is 5.11. The third kappa shape index (κ3) is 1.77. The molecule has 0 amide bonds. The highest BCUT2D eigenvalue weighted by atomic mass is 16.5. The number of ether oxygens (including phenoxy) is 1. The Morgan fingerprint density at radius 3 is 2.74 bits per heavy atom. The zero-order valence-electron chi connectivity index (χ0n) is 11.2. The fourth-order valence-electron chi connectivity index (χ4n) is 2.85. The quantitative estimate of drug-likeness (QED) is 0.826. The lowest BCUT2D eigenvalue weighted by molar-refractivity contribution is -0.135. The standard InChI is InChI=1S/C16H17NO2/c1-3-11-9-13-14(10-19-15(13)18)17-16(11,2)12-7-5-4-6-8-12/h4-9,17H,3,10H2,1-2H3. The predicted molar refractivity (Wildman–Crippen MR) is 73.3 cm³/mol. The third-order valence-corrected chi connectivity index (χ3v) is 3.99. The number of benzene rings is 1. The van der Waals surface area contributed by atoms with Gasteiger partial charge in [-0.2, -0.15) is 0 Å². The van der Waals surface area contributed by atoms with Crippen LogP contribution < -0.4 is 5.32 Å². The molecule has 2 aliphatic heterocycles. The van der Waals surface area contributed by atoms with Crippen LogP contribution in [0, 0.1) is 0 Å². The number of carbonyl (C=O) groups excluding carboxylic acids is 1. The van der Waals surface area contributed by atoms with Gasteiger partial charge in [0.15, 0.2) is 0 Å². The first-order valence-electron chi connectivity index (χ1n) is 6.60. The third-order valence-electron chi connectivity index (χ3n) is 3.99. The van der Waals surface area contributed by atoms with Crippen molar-refractivity contribution < 1.29 is 9.53 Å². The van der Waals surface area contributed by atoms with Crippen LogP contribution in [0.5, 0.6) is 0 Å². The maximum Gasteiger partial charge on any atom is 0.340 e. The lowest BCUT2D eigenvalue weighted by atomic mass is 9.79. The average molecular weight is 255 g/mol. The number of hydrogen-bond acceptors (Lipinski definition) is 3. The highest BCUT2D eigenvalue weighted by molar-refractivity contribution is 5.95.